The van der Waals surface area contributed by atoms with Gasteiger partial charge in [-0.2, -0.15) is 0 Å². The Bertz CT molecular complexity index is 1430. The van der Waals surface area contributed by atoms with Crippen LogP contribution in [0.15, 0.2) is 63.5 Å². The molecule has 32 heavy (non-hydrogen) atoms. The number of aryl methyl sites for hydroxylation is 1. The van der Waals surface area contributed by atoms with E-state index >= 15 is 0 Å². The van der Waals surface area contributed by atoms with Crippen molar-refractivity contribution in [2.24, 2.45) is 0 Å². The third-order valence-corrected chi connectivity index (χ3v) is 6.02. The highest BCUT2D eigenvalue weighted by Crippen LogP contribution is 2.19. The molecule has 2 aromatic heterocycles. The topological polar surface area (TPSA) is 76.3 Å². The normalized spacial score (nSPS) is 11.0. The van der Waals surface area contributed by atoms with E-state index in [0.29, 0.717) is 21.5 Å². The van der Waals surface area contributed by atoms with E-state index in [4.69, 9.17) is 0 Å². The zero-order chi connectivity index (χ0) is 23.0. The number of hydrogen-bond donors (Lipinski definition) is 1. The number of amides is 1. The SMILES string of the molecule is Cc1cc(-n2c(=O)c3sccc3n(CC(=O)Nc3ccc(N(C)C)cc3)c2=O)ccc1F. The van der Waals surface area contributed by atoms with Gasteiger partial charge >= 0.3 is 5.69 Å². The first-order valence-electron chi connectivity index (χ1n) is 9.83. The molecule has 0 aliphatic heterocycles. The minimum Gasteiger partial charge on any atom is -0.378 e. The Kier molecular flexibility index (Phi) is 5.67. The number of anilines is 2. The lowest BCUT2D eigenvalue weighted by Crippen LogP contribution is -2.40. The van der Waals surface area contributed by atoms with Crippen molar-refractivity contribution in [3.63, 3.8) is 0 Å². The smallest absolute Gasteiger partial charge is 0.336 e. The van der Waals surface area contributed by atoms with Crippen LogP contribution in [0.4, 0.5) is 15.8 Å². The lowest BCUT2D eigenvalue weighted by atomic mass is 10.2. The second kappa shape index (κ2) is 8.43. The second-order valence-corrected chi connectivity index (χ2v) is 8.48. The molecule has 0 radical (unpaired) electrons. The molecule has 1 N–H and O–H groups in total. The lowest BCUT2D eigenvalue weighted by molar-refractivity contribution is -0.116. The van der Waals surface area contributed by atoms with Crippen molar-refractivity contribution in [2.45, 2.75) is 13.5 Å². The van der Waals surface area contributed by atoms with Gasteiger partial charge in [0.2, 0.25) is 5.91 Å². The molecule has 9 heteroatoms. The summed E-state index contributed by atoms with van der Waals surface area (Å²) in [5.41, 5.74) is 1.37. The first-order chi connectivity index (χ1) is 15.3. The monoisotopic (exact) mass is 452 g/mol. The number of carbonyl (C=O) groups excluding carboxylic acids is 1. The number of halogens is 1. The molecule has 0 fully saturated rings. The Balaban J connectivity index is 1.73. The van der Waals surface area contributed by atoms with Gasteiger partial charge in [-0.05, 0) is 66.4 Å². The number of hydrogen-bond acceptors (Lipinski definition) is 5. The van der Waals surface area contributed by atoms with Crippen LogP contribution in [0.25, 0.3) is 15.9 Å². The van der Waals surface area contributed by atoms with E-state index in [9.17, 15) is 18.8 Å². The average molecular weight is 453 g/mol. The summed E-state index contributed by atoms with van der Waals surface area (Å²) in [5, 5.41) is 4.47. The third kappa shape index (κ3) is 3.94. The van der Waals surface area contributed by atoms with Crippen LogP contribution in [0.2, 0.25) is 0 Å². The maximum absolute atomic E-state index is 13.7. The first-order valence-corrected chi connectivity index (χ1v) is 10.7. The predicted octanol–water partition coefficient (Wildman–Crippen LogP) is 3.37. The summed E-state index contributed by atoms with van der Waals surface area (Å²) in [7, 11) is 3.84. The Morgan fingerprint density at radius 1 is 1.09 bits per heavy atom. The van der Waals surface area contributed by atoms with Gasteiger partial charge in [0.25, 0.3) is 5.56 Å². The van der Waals surface area contributed by atoms with Crippen LogP contribution in [0.1, 0.15) is 5.56 Å². The lowest BCUT2D eigenvalue weighted by Gasteiger charge is -2.14. The first kappa shape index (κ1) is 21.5. The van der Waals surface area contributed by atoms with Gasteiger partial charge < -0.3 is 10.2 Å². The van der Waals surface area contributed by atoms with Gasteiger partial charge in [0.05, 0.1) is 11.2 Å². The van der Waals surface area contributed by atoms with Crippen molar-refractivity contribution in [1.82, 2.24) is 9.13 Å². The Labute approximate surface area is 187 Å². The fourth-order valence-corrected chi connectivity index (χ4v) is 4.25. The number of fused-ring (bicyclic) bond motifs is 1. The summed E-state index contributed by atoms with van der Waals surface area (Å²) in [4.78, 5) is 40.9. The predicted molar refractivity (Wildman–Crippen MR) is 126 cm³/mol. The Morgan fingerprint density at radius 3 is 2.47 bits per heavy atom. The third-order valence-electron chi connectivity index (χ3n) is 5.12. The molecule has 4 rings (SSSR count). The fraction of sp³-hybridized carbons (Fsp3) is 0.174. The van der Waals surface area contributed by atoms with E-state index < -0.39 is 23.0 Å². The second-order valence-electron chi connectivity index (χ2n) is 7.57. The van der Waals surface area contributed by atoms with Crippen LogP contribution in [-0.4, -0.2) is 29.1 Å². The van der Waals surface area contributed by atoms with Crippen molar-refractivity contribution in [1.29, 1.82) is 0 Å². The summed E-state index contributed by atoms with van der Waals surface area (Å²) in [6.07, 6.45) is 0. The van der Waals surface area contributed by atoms with Gasteiger partial charge in [-0.25, -0.2) is 13.8 Å². The summed E-state index contributed by atoms with van der Waals surface area (Å²) in [6, 6.07) is 13.0. The molecule has 0 aliphatic rings. The van der Waals surface area contributed by atoms with Crippen molar-refractivity contribution in [2.75, 3.05) is 24.3 Å². The van der Waals surface area contributed by atoms with E-state index in [1.165, 1.54) is 34.1 Å². The Hall–Kier alpha value is -3.72. The maximum Gasteiger partial charge on any atom is 0.336 e. The quantitative estimate of drug-likeness (QED) is 0.504. The molecule has 0 bridgehead atoms. The summed E-state index contributed by atoms with van der Waals surface area (Å²) < 4.78 is 16.3. The van der Waals surface area contributed by atoms with Crippen LogP contribution in [0.3, 0.4) is 0 Å². The summed E-state index contributed by atoms with van der Waals surface area (Å²) in [5.74, 6) is -0.836. The Morgan fingerprint density at radius 2 is 1.81 bits per heavy atom. The molecule has 1 amide bonds. The van der Waals surface area contributed by atoms with Gasteiger partial charge in [-0.15, -0.1) is 11.3 Å². The largest absolute Gasteiger partial charge is 0.378 e. The van der Waals surface area contributed by atoms with E-state index in [-0.39, 0.29) is 12.2 Å². The van der Waals surface area contributed by atoms with E-state index in [2.05, 4.69) is 5.32 Å². The van der Waals surface area contributed by atoms with E-state index in [1.807, 2.05) is 31.1 Å². The van der Waals surface area contributed by atoms with Crippen LogP contribution < -0.4 is 21.5 Å². The standard InChI is InChI=1S/C23H21FN4O3S/c1-14-12-17(8-9-18(14)24)28-22(30)21-19(10-11-32-21)27(23(28)31)13-20(29)25-15-4-6-16(7-5-15)26(2)3/h4-12H,13H2,1-3H3,(H,25,29). The molecule has 7 nitrogen and oxygen atoms in total. The molecule has 2 aromatic carbocycles. The van der Waals surface area contributed by atoms with Crippen LogP contribution in [-0.2, 0) is 11.3 Å². The van der Waals surface area contributed by atoms with Gasteiger partial charge in [0, 0.05) is 25.5 Å². The minimum atomic E-state index is -0.662. The molecule has 0 unspecified atom stereocenters. The number of rotatable bonds is 5. The van der Waals surface area contributed by atoms with Gasteiger partial charge in [0.15, 0.2) is 0 Å². The molecule has 0 aliphatic carbocycles. The summed E-state index contributed by atoms with van der Waals surface area (Å²) >= 11 is 1.18. The van der Waals surface area contributed by atoms with Crippen LogP contribution >= 0.6 is 11.3 Å². The van der Waals surface area contributed by atoms with E-state index in [1.54, 1.807) is 30.5 Å². The molecule has 0 saturated carbocycles. The fourth-order valence-electron chi connectivity index (χ4n) is 3.42. The number of benzene rings is 2. The van der Waals surface area contributed by atoms with Crippen molar-refractivity contribution < 1.29 is 9.18 Å². The van der Waals surface area contributed by atoms with Gasteiger partial charge in [-0.1, -0.05) is 0 Å². The molecule has 0 saturated heterocycles. The highest BCUT2D eigenvalue weighted by Gasteiger charge is 2.18. The minimum absolute atomic E-state index is 0.252. The average Bonchev–Trinajstić information content (AvgIpc) is 3.24. The molecular weight excluding hydrogens is 431 g/mol. The maximum atomic E-state index is 13.7. The number of nitrogens with zero attached hydrogens (tertiary/aromatic N) is 3. The highest BCUT2D eigenvalue weighted by atomic mass is 32.1. The number of aromatic nitrogens is 2. The molecular formula is C23H21FN4O3S. The van der Waals surface area contributed by atoms with Crippen LogP contribution in [0.5, 0.6) is 0 Å². The zero-order valence-corrected chi connectivity index (χ0v) is 18.6. The highest BCUT2D eigenvalue weighted by molar-refractivity contribution is 7.17. The van der Waals surface area contributed by atoms with E-state index in [0.717, 1.165) is 10.3 Å². The van der Waals surface area contributed by atoms with Gasteiger partial charge in [-0.3, -0.25) is 14.2 Å². The van der Waals surface area contributed by atoms with Crippen molar-refractivity contribution in [3.8, 4) is 5.69 Å². The summed E-state index contributed by atoms with van der Waals surface area (Å²) in [6.45, 7) is 1.28. The number of thiophene rings is 1. The van der Waals surface area contributed by atoms with Crippen molar-refractivity contribution >= 4 is 38.8 Å². The molecule has 0 atom stereocenters. The van der Waals surface area contributed by atoms with Gasteiger partial charge in [0.1, 0.15) is 17.1 Å². The van der Waals surface area contributed by atoms with Crippen LogP contribution in [0, 0.1) is 12.7 Å². The molecule has 164 valence electrons. The zero-order valence-electron chi connectivity index (χ0n) is 17.8. The molecule has 0 spiro atoms. The van der Waals surface area contributed by atoms with Crippen molar-refractivity contribution in [3.05, 3.63) is 86.1 Å². The number of nitrogens with one attached hydrogen (secondary N) is 1. The molecule has 2 heterocycles. The molecule has 4 aromatic rings. The number of carbonyl (C=O) groups is 1.